The number of benzene rings is 1. The first-order chi connectivity index (χ1) is 10.4. The van der Waals surface area contributed by atoms with Crippen molar-refractivity contribution >= 4 is 23.2 Å². The summed E-state index contributed by atoms with van der Waals surface area (Å²) in [5, 5.41) is 3.88. The molecule has 1 aromatic carbocycles. The van der Waals surface area contributed by atoms with Gasteiger partial charge in [0.05, 0.1) is 20.1 Å². The molecule has 4 heteroatoms. The van der Waals surface area contributed by atoms with Crippen LogP contribution in [0.2, 0.25) is 5.02 Å². The zero-order chi connectivity index (χ0) is 16.3. The van der Waals surface area contributed by atoms with Crippen LogP contribution in [0.15, 0.2) is 12.1 Å². The average molecular weight is 324 g/mol. The lowest BCUT2D eigenvalue weighted by atomic mass is 10.0. The second kappa shape index (κ2) is 7.01. The van der Waals surface area contributed by atoms with Crippen LogP contribution in [-0.2, 0) is 4.79 Å². The van der Waals surface area contributed by atoms with Crippen molar-refractivity contribution < 1.29 is 9.28 Å². The molecule has 1 N–H and O–H groups in total. The Morgan fingerprint density at radius 2 is 1.77 bits per heavy atom. The summed E-state index contributed by atoms with van der Waals surface area (Å²) in [6.45, 7) is 8.30. The molecule has 122 valence electrons. The molecule has 0 saturated carbocycles. The van der Waals surface area contributed by atoms with Gasteiger partial charge in [-0.3, -0.25) is 4.79 Å². The number of likely N-dealkylation sites (N-methyl/N-ethyl adjacent to an activating group) is 1. The Labute approximate surface area is 139 Å². The number of nitrogens with one attached hydrogen (secondary N) is 1. The number of aryl methyl sites for hydroxylation is 2. The Hall–Kier alpha value is -1.06. The van der Waals surface area contributed by atoms with Crippen LogP contribution in [0.3, 0.4) is 0 Å². The van der Waals surface area contributed by atoms with E-state index in [1.807, 2.05) is 26.0 Å². The minimum absolute atomic E-state index is 0.0229. The molecule has 3 nitrogen and oxygen atoms in total. The van der Waals surface area contributed by atoms with Crippen LogP contribution in [0.1, 0.15) is 43.7 Å². The summed E-state index contributed by atoms with van der Waals surface area (Å²) < 4.78 is 0.869. The van der Waals surface area contributed by atoms with Gasteiger partial charge in [-0.25, -0.2) is 0 Å². The molecule has 1 amide bonds. The fraction of sp³-hybridized carbons (Fsp3) is 0.611. The van der Waals surface area contributed by atoms with E-state index in [1.165, 1.54) is 19.3 Å². The molecule has 0 spiro atoms. The maximum absolute atomic E-state index is 12.9. The van der Waals surface area contributed by atoms with Gasteiger partial charge in [-0.05, 0) is 56.4 Å². The Kier molecular flexibility index (Phi) is 5.51. The Bertz CT molecular complexity index is 527. The van der Waals surface area contributed by atoms with Crippen LogP contribution in [0.5, 0.6) is 0 Å². The molecule has 2 rings (SSSR count). The number of quaternary nitrogens is 1. The normalized spacial score (nSPS) is 18.8. The Morgan fingerprint density at radius 3 is 2.27 bits per heavy atom. The van der Waals surface area contributed by atoms with E-state index in [0.717, 1.165) is 45.8 Å². The number of hydrogen-bond acceptors (Lipinski definition) is 1. The van der Waals surface area contributed by atoms with Crippen molar-refractivity contribution in [3.05, 3.63) is 28.3 Å². The van der Waals surface area contributed by atoms with E-state index in [0.29, 0.717) is 0 Å². The predicted octanol–water partition coefficient (Wildman–Crippen LogP) is 4.30. The Balaban J connectivity index is 2.20. The van der Waals surface area contributed by atoms with Gasteiger partial charge in [0.1, 0.15) is 0 Å². The second-order valence-corrected chi connectivity index (χ2v) is 7.25. The van der Waals surface area contributed by atoms with Crippen LogP contribution in [-0.4, -0.2) is 36.6 Å². The first-order valence-corrected chi connectivity index (χ1v) is 8.67. The van der Waals surface area contributed by atoms with Crippen molar-refractivity contribution in [3.63, 3.8) is 0 Å². The van der Waals surface area contributed by atoms with E-state index in [2.05, 4.69) is 19.3 Å². The fourth-order valence-corrected chi connectivity index (χ4v) is 4.10. The topological polar surface area (TPSA) is 29.1 Å². The SMILES string of the molecule is CCC(C(=O)Nc1c(C)cc(Cl)cc1C)[N+]1(C)CCCCC1. The van der Waals surface area contributed by atoms with E-state index in [1.54, 1.807) is 0 Å². The predicted molar refractivity (Wildman–Crippen MR) is 93.4 cm³/mol. The lowest BCUT2D eigenvalue weighted by molar-refractivity contribution is -0.928. The second-order valence-electron chi connectivity index (χ2n) is 6.82. The number of carbonyl (C=O) groups excluding carboxylic acids is 1. The highest BCUT2D eigenvalue weighted by Crippen LogP contribution is 2.27. The van der Waals surface area contributed by atoms with Gasteiger partial charge in [0.2, 0.25) is 0 Å². The summed E-state index contributed by atoms with van der Waals surface area (Å²) in [4.78, 5) is 12.9. The average Bonchev–Trinajstić information content (AvgIpc) is 2.44. The van der Waals surface area contributed by atoms with Crippen LogP contribution in [0.4, 0.5) is 5.69 Å². The molecule has 0 aliphatic carbocycles. The molecular formula is C18H28ClN2O+. The number of amides is 1. The summed E-state index contributed by atoms with van der Waals surface area (Å²) in [5.41, 5.74) is 2.96. The molecule has 1 aromatic rings. The minimum Gasteiger partial charge on any atom is -0.320 e. The van der Waals surface area contributed by atoms with Gasteiger partial charge < -0.3 is 9.80 Å². The molecule has 1 unspecified atom stereocenters. The van der Waals surface area contributed by atoms with E-state index < -0.39 is 0 Å². The monoisotopic (exact) mass is 323 g/mol. The van der Waals surface area contributed by atoms with E-state index in [9.17, 15) is 4.79 Å². The first-order valence-electron chi connectivity index (χ1n) is 8.29. The van der Waals surface area contributed by atoms with Gasteiger partial charge in [0.15, 0.2) is 6.04 Å². The summed E-state index contributed by atoms with van der Waals surface area (Å²) in [6.07, 6.45) is 4.61. The zero-order valence-corrected chi connectivity index (χ0v) is 15.0. The third kappa shape index (κ3) is 3.64. The highest BCUT2D eigenvalue weighted by Gasteiger charge is 2.38. The van der Waals surface area contributed by atoms with Crippen LogP contribution in [0.25, 0.3) is 0 Å². The van der Waals surface area contributed by atoms with Crippen molar-refractivity contribution in [3.8, 4) is 0 Å². The number of nitrogens with zero attached hydrogens (tertiary/aromatic N) is 1. The maximum Gasteiger partial charge on any atom is 0.282 e. The number of halogens is 1. The summed E-state index contributed by atoms with van der Waals surface area (Å²) >= 11 is 6.08. The van der Waals surface area contributed by atoms with Gasteiger partial charge in [-0.1, -0.05) is 18.5 Å². The van der Waals surface area contributed by atoms with Crippen molar-refractivity contribution in [2.24, 2.45) is 0 Å². The van der Waals surface area contributed by atoms with Crippen molar-refractivity contribution in [2.75, 3.05) is 25.5 Å². The standard InChI is InChI=1S/C18H27ClN2O/c1-5-16(21(4)9-7-6-8-10-21)18(22)20-17-13(2)11-15(19)12-14(17)3/h11-12,16H,5-10H2,1-4H3/p+1. The number of hydrogen-bond donors (Lipinski definition) is 1. The molecule has 1 saturated heterocycles. The smallest absolute Gasteiger partial charge is 0.282 e. The molecule has 1 aliphatic rings. The Morgan fingerprint density at radius 1 is 1.23 bits per heavy atom. The minimum atomic E-state index is 0.0229. The third-order valence-corrected chi connectivity index (χ3v) is 5.24. The maximum atomic E-state index is 12.9. The number of anilines is 1. The summed E-state index contributed by atoms with van der Waals surface area (Å²) in [6, 6.07) is 3.83. The van der Waals surface area contributed by atoms with Gasteiger partial charge in [-0.15, -0.1) is 0 Å². The van der Waals surface area contributed by atoms with Gasteiger partial charge >= 0.3 is 0 Å². The van der Waals surface area contributed by atoms with Crippen molar-refractivity contribution in [1.29, 1.82) is 0 Å². The van der Waals surface area contributed by atoms with Gasteiger partial charge in [0.25, 0.3) is 5.91 Å². The lowest BCUT2D eigenvalue weighted by Gasteiger charge is -2.43. The van der Waals surface area contributed by atoms with Gasteiger partial charge in [-0.2, -0.15) is 0 Å². The molecule has 1 heterocycles. The number of rotatable bonds is 4. The van der Waals surface area contributed by atoms with E-state index in [-0.39, 0.29) is 11.9 Å². The van der Waals surface area contributed by atoms with E-state index >= 15 is 0 Å². The number of likely N-dealkylation sites (tertiary alicyclic amines) is 1. The van der Waals surface area contributed by atoms with Crippen molar-refractivity contribution in [1.82, 2.24) is 0 Å². The van der Waals surface area contributed by atoms with Crippen LogP contribution < -0.4 is 5.32 Å². The molecule has 22 heavy (non-hydrogen) atoms. The molecule has 0 radical (unpaired) electrons. The molecule has 1 atom stereocenters. The van der Waals surface area contributed by atoms with Gasteiger partial charge in [0, 0.05) is 17.1 Å². The summed E-state index contributed by atoms with van der Waals surface area (Å²) in [7, 11) is 2.23. The molecule has 1 fully saturated rings. The molecular weight excluding hydrogens is 296 g/mol. The number of carbonyl (C=O) groups is 1. The molecule has 0 aromatic heterocycles. The fourth-order valence-electron chi connectivity index (χ4n) is 3.77. The van der Waals surface area contributed by atoms with E-state index in [4.69, 9.17) is 11.6 Å². The highest BCUT2D eigenvalue weighted by atomic mass is 35.5. The molecule has 1 aliphatic heterocycles. The zero-order valence-electron chi connectivity index (χ0n) is 14.2. The van der Waals surface area contributed by atoms with Crippen molar-refractivity contribution in [2.45, 2.75) is 52.5 Å². The number of piperidine rings is 1. The first kappa shape index (κ1) is 17.3. The quantitative estimate of drug-likeness (QED) is 0.822. The largest absolute Gasteiger partial charge is 0.320 e. The van der Waals surface area contributed by atoms with Crippen LogP contribution in [0, 0.1) is 13.8 Å². The van der Waals surface area contributed by atoms with Crippen LogP contribution >= 0.6 is 11.6 Å². The lowest BCUT2D eigenvalue weighted by Crippen LogP contribution is -2.59. The summed E-state index contributed by atoms with van der Waals surface area (Å²) in [5.74, 6) is 0.139. The molecule has 0 bridgehead atoms. The highest BCUT2D eigenvalue weighted by molar-refractivity contribution is 6.30. The third-order valence-electron chi connectivity index (χ3n) is 5.03.